The van der Waals surface area contributed by atoms with Gasteiger partial charge in [-0.15, -0.1) is 0 Å². The molecule has 1 fully saturated rings. The van der Waals surface area contributed by atoms with Gasteiger partial charge in [0, 0.05) is 43.3 Å². The Bertz CT molecular complexity index is 695. The molecule has 0 radical (unpaired) electrons. The second-order valence-corrected chi connectivity index (χ2v) is 6.38. The summed E-state index contributed by atoms with van der Waals surface area (Å²) in [6.45, 7) is 6.49. The first-order valence-electron chi connectivity index (χ1n) is 8.83. The topological polar surface area (TPSA) is 46.5 Å². The lowest BCUT2D eigenvalue weighted by Crippen LogP contribution is -2.40. The highest BCUT2D eigenvalue weighted by molar-refractivity contribution is 6.07. The predicted molar refractivity (Wildman–Crippen MR) is 96.4 cm³/mol. The molecule has 1 atom stereocenters. The molecular formula is C19H27N3O2. The van der Waals surface area contributed by atoms with Crippen LogP contribution in [0.15, 0.2) is 30.5 Å². The molecule has 0 spiro atoms. The lowest BCUT2D eigenvalue weighted by molar-refractivity contribution is 0.0942. The molecule has 24 heavy (non-hydrogen) atoms. The van der Waals surface area contributed by atoms with Gasteiger partial charge in [-0.1, -0.05) is 25.1 Å². The Morgan fingerprint density at radius 1 is 1.38 bits per heavy atom. The van der Waals surface area contributed by atoms with E-state index in [1.165, 1.54) is 12.8 Å². The third-order valence-electron chi connectivity index (χ3n) is 4.97. The van der Waals surface area contributed by atoms with Crippen molar-refractivity contribution in [2.24, 2.45) is 0 Å². The zero-order chi connectivity index (χ0) is 16.9. The number of nitrogens with zero attached hydrogens (tertiary/aromatic N) is 2. The number of amides is 1. The Labute approximate surface area is 143 Å². The zero-order valence-electron chi connectivity index (χ0n) is 14.6. The Hall–Kier alpha value is -1.85. The lowest BCUT2D eigenvalue weighted by Gasteiger charge is -2.22. The van der Waals surface area contributed by atoms with Crippen LogP contribution < -0.4 is 5.32 Å². The first kappa shape index (κ1) is 17.0. The lowest BCUT2D eigenvalue weighted by atomic mass is 10.1. The van der Waals surface area contributed by atoms with Gasteiger partial charge in [-0.3, -0.25) is 9.69 Å². The van der Waals surface area contributed by atoms with Crippen LogP contribution in [0.4, 0.5) is 0 Å². The number of nitrogens with one attached hydrogen (secondary N) is 1. The van der Waals surface area contributed by atoms with Crippen LogP contribution >= 0.6 is 0 Å². The van der Waals surface area contributed by atoms with Crippen molar-refractivity contribution >= 4 is 16.8 Å². The number of methoxy groups -OCH3 is 1. The molecule has 1 amide bonds. The standard InChI is InChI=1S/C19H27N3O2/c1-3-21-10-6-7-15(21)13-20-19(23)17-14-22(11-12-24-2)18-9-5-4-8-16(17)18/h4-5,8-9,14-15H,3,6-7,10-13H2,1-2H3,(H,20,23)/t15-/m1/s1. The predicted octanol–water partition coefficient (Wildman–Crippen LogP) is 2.50. The van der Waals surface area contributed by atoms with Crippen LogP contribution in [0.1, 0.15) is 30.1 Å². The number of hydrogen-bond donors (Lipinski definition) is 1. The number of aromatic nitrogens is 1. The van der Waals surface area contributed by atoms with E-state index < -0.39 is 0 Å². The summed E-state index contributed by atoms with van der Waals surface area (Å²) in [5.41, 5.74) is 1.83. The Morgan fingerprint density at radius 3 is 3.00 bits per heavy atom. The molecule has 5 nitrogen and oxygen atoms in total. The van der Waals surface area contributed by atoms with Gasteiger partial charge < -0.3 is 14.6 Å². The number of likely N-dealkylation sites (N-methyl/N-ethyl adjacent to an activating group) is 1. The van der Waals surface area contributed by atoms with Gasteiger partial charge in [0.1, 0.15) is 0 Å². The van der Waals surface area contributed by atoms with E-state index in [1.54, 1.807) is 7.11 Å². The molecule has 0 bridgehead atoms. The van der Waals surface area contributed by atoms with E-state index in [0.29, 0.717) is 12.6 Å². The number of rotatable bonds is 7. The third kappa shape index (κ3) is 3.47. The third-order valence-corrected chi connectivity index (χ3v) is 4.97. The molecule has 1 N–H and O–H groups in total. The summed E-state index contributed by atoms with van der Waals surface area (Å²) < 4.78 is 7.28. The number of carbonyl (C=O) groups is 1. The van der Waals surface area contributed by atoms with Crippen LogP contribution in [-0.4, -0.2) is 54.8 Å². The highest BCUT2D eigenvalue weighted by Gasteiger charge is 2.24. The maximum atomic E-state index is 12.7. The summed E-state index contributed by atoms with van der Waals surface area (Å²) in [6, 6.07) is 8.53. The molecule has 1 aromatic heterocycles. The second kappa shape index (κ2) is 7.81. The molecule has 1 aliphatic heterocycles. The van der Waals surface area contributed by atoms with Crippen LogP contribution in [-0.2, 0) is 11.3 Å². The van der Waals surface area contributed by atoms with Crippen molar-refractivity contribution in [3.8, 4) is 0 Å². The fraction of sp³-hybridized carbons (Fsp3) is 0.526. The van der Waals surface area contributed by atoms with Crippen molar-refractivity contribution in [3.05, 3.63) is 36.0 Å². The van der Waals surface area contributed by atoms with Crippen molar-refractivity contribution in [3.63, 3.8) is 0 Å². The van der Waals surface area contributed by atoms with E-state index in [1.807, 2.05) is 24.4 Å². The average molecular weight is 329 g/mol. The molecule has 0 aliphatic carbocycles. The summed E-state index contributed by atoms with van der Waals surface area (Å²) in [7, 11) is 1.69. The fourth-order valence-corrected chi connectivity index (χ4v) is 3.65. The molecule has 1 saturated heterocycles. The van der Waals surface area contributed by atoms with Gasteiger partial charge in [0.05, 0.1) is 12.2 Å². The van der Waals surface area contributed by atoms with Gasteiger partial charge in [0.2, 0.25) is 0 Å². The number of ether oxygens (including phenoxy) is 1. The summed E-state index contributed by atoms with van der Waals surface area (Å²) in [6.07, 6.45) is 4.35. The largest absolute Gasteiger partial charge is 0.383 e. The second-order valence-electron chi connectivity index (χ2n) is 6.38. The van der Waals surface area contributed by atoms with Crippen LogP contribution in [0, 0.1) is 0 Å². The summed E-state index contributed by atoms with van der Waals surface area (Å²) in [5.74, 6) is 0.0188. The summed E-state index contributed by atoms with van der Waals surface area (Å²) in [5, 5.41) is 4.15. The Balaban J connectivity index is 1.74. The van der Waals surface area contributed by atoms with Gasteiger partial charge in [-0.2, -0.15) is 0 Å². The van der Waals surface area contributed by atoms with E-state index in [2.05, 4.69) is 27.8 Å². The van der Waals surface area contributed by atoms with Gasteiger partial charge >= 0.3 is 0 Å². The SMILES string of the molecule is CCN1CCC[C@@H]1CNC(=O)c1cn(CCOC)c2ccccc12. The van der Waals surface area contributed by atoms with Crippen molar-refractivity contribution in [2.45, 2.75) is 32.4 Å². The van der Waals surface area contributed by atoms with Crippen LogP contribution in [0.5, 0.6) is 0 Å². The van der Waals surface area contributed by atoms with E-state index in [9.17, 15) is 4.79 Å². The molecule has 5 heteroatoms. The molecule has 0 unspecified atom stereocenters. The minimum absolute atomic E-state index is 0.0188. The van der Waals surface area contributed by atoms with Gasteiger partial charge in [0.15, 0.2) is 0 Å². The molecule has 3 rings (SSSR count). The van der Waals surface area contributed by atoms with Crippen LogP contribution in [0.2, 0.25) is 0 Å². The molecule has 1 aromatic carbocycles. The van der Waals surface area contributed by atoms with Gasteiger partial charge in [-0.25, -0.2) is 0 Å². The normalized spacial score (nSPS) is 18.3. The Morgan fingerprint density at radius 2 is 2.21 bits per heavy atom. The number of hydrogen-bond acceptors (Lipinski definition) is 3. The van der Waals surface area contributed by atoms with Crippen LogP contribution in [0.3, 0.4) is 0 Å². The fourth-order valence-electron chi connectivity index (χ4n) is 3.65. The van der Waals surface area contributed by atoms with E-state index in [-0.39, 0.29) is 5.91 Å². The van der Waals surface area contributed by atoms with Gasteiger partial charge in [-0.05, 0) is 32.0 Å². The first-order valence-corrected chi connectivity index (χ1v) is 8.83. The number of benzene rings is 1. The monoisotopic (exact) mass is 329 g/mol. The maximum Gasteiger partial charge on any atom is 0.253 e. The average Bonchev–Trinajstić information content (AvgIpc) is 3.22. The minimum Gasteiger partial charge on any atom is -0.383 e. The first-order chi connectivity index (χ1) is 11.7. The number of carbonyl (C=O) groups excluding carboxylic acids is 1. The molecule has 2 aromatic rings. The quantitative estimate of drug-likeness (QED) is 0.849. The van der Waals surface area contributed by atoms with E-state index in [4.69, 9.17) is 4.74 Å². The van der Waals surface area contributed by atoms with Crippen molar-refractivity contribution in [2.75, 3.05) is 33.4 Å². The summed E-state index contributed by atoms with van der Waals surface area (Å²) in [4.78, 5) is 15.2. The molecule has 1 aliphatic rings. The van der Waals surface area contributed by atoms with Crippen molar-refractivity contribution in [1.29, 1.82) is 0 Å². The maximum absolute atomic E-state index is 12.7. The highest BCUT2D eigenvalue weighted by atomic mass is 16.5. The van der Waals surface area contributed by atoms with E-state index >= 15 is 0 Å². The molecule has 0 saturated carbocycles. The zero-order valence-corrected chi connectivity index (χ0v) is 14.6. The summed E-state index contributed by atoms with van der Waals surface area (Å²) >= 11 is 0. The van der Waals surface area contributed by atoms with Gasteiger partial charge in [0.25, 0.3) is 5.91 Å². The van der Waals surface area contributed by atoms with Crippen LogP contribution in [0.25, 0.3) is 10.9 Å². The van der Waals surface area contributed by atoms with Crippen molar-refractivity contribution in [1.82, 2.24) is 14.8 Å². The molecule has 130 valence electrons. The molecule has 2 heterocycles. The van der Waals surface area contributed by atoms with E-state index in [0.717, 1.165) is 42.6 Å². The number of para-hydroxylation sites is 1. The molecular weight excluding hydrogens is 302 g/mol. The number of likely N-dealkylation sites (tertiary alicyclic amines) is 1. The minimum atomic E-state index is 0.0188. The Kier molecular flexibility index (Phi) is 5.53. The van der Waals surface area contributed by atoms with Crippen molar-refractivity contribution < 1.29 is 9.53 Å². The number of fused-ring (bicyclic) bond motifs is 1. The highest BCUT2D eigenvalue weighted by Crippen LogP contribution is 2.22. The smallest absolute Gasteiger partial charge is 0.253 e.